The number of rotatable bonds is 5. The van der Waals surface area contributed by atoms with Crippen LogP contribution in [-0.2, 0) is 4.79 Å². The zero-order chi connectivity index (χ0) is 17.6. The van der Waals surface area contributed by atoms with Gasteiger partial charge in [-0.2, -0.15) is 0 Å². The van der Waals surface area contributed by atoms with Gasteiger partial charge in [0.1, 0.15) is 0 Å². The Morgan fingerprint density at radius 3 is 2.48 bits per heavy atom. The standard InChI is InChI=1S/C21H20N2OS/c1-15(2)17-9-11-18(12-10-17)19-14-25-21(22-19)23-20(24)13-8-16-6-4-3-5-7-16/h3-15H,1-2H3,(H,22,23,24)/b13-8+. The van der Waals surface area contributed by atoms with E-state index in [4.69, 9.17) is 0 Å². The largest absolute Gasteiger partial charge is 0.298 e. The highest BCUT2D eigenvalue weighted by Gasteiger charge is 2.07. The molecule has 4 heteroatoms. The summed E-state index contributed by atoms with van der Waals surface area (Å²) >= 11 is 1.43. The molecule has 126 valence electrons. The van der Waals surface area contributed by atoms with Crippen LogP contribution in [0.25, 0.3) is 17.3 Å². The van der Waals surface area contributed by atoms with Gasteiger partial charge in [-0.05, 0) is 23.1 Å². The van der Waals surface area contributed by atoms with Crippen molar-refractivity contribution >= 4 is 28.5 Å². The molecule has 3 nitrogen and oxygen atoms in total. The molecule has 0 aliphatic rings. The number of nitrogens with zero attached hydrogens (tertiary/aromatic N) is 1. The number of carbonyl (C=O) groups is 1. The molecule has 0 bridgehead atoms. The van der Waals surface area contributed by atoms with Crippen molar-refractivity contribution in [2.24, 2.45) is 0 Å². The Morgan fingerprint density at radius 2 is 1.80 bits per heavy atom. The predicted molar refractivity (Wildman–Crippen MR) is 106 cm³/mol. The summed E-state index contributed by atoms with van der Waals surface area (Å²) in [6, 6.07) is 18.1. The third-order valence-corrected chi connectivity index (χ3v) is 4.59. The lowest BCUT2D eigenvalue weighted by atomic mass is 10.0. The summed E-state index contributed by atoms with van der Waals surface area (Å²) in [7, 11) is 0. The first-order chi connectivity index (χ1) is 12.1. The molecule has 0 radical (unpaired) electrons. The summed E-state index contributed by atoms with van der Waals surface area (Å²) in [5.41, 5.74) is 4.23. The number of thiazole rings is 1. The smallest absolute Gasteiger partial charge is 0.250 e. The Bertz CT molecular complexity index is 864. The molecular weight excluding hydrogens is 328 g/mol. The zero-order valence-electron chi connectivity index (χ0n) is 14.3. The first kappa shape index (κ1) is 17.1. The molecule has 0 saturated heterocycles. The fraction of sp³-hybridized carbons (Fsp3) is 0.143. The maximum atomic E-state index is 12.0. The van der Waals surface area contributed by atoms with Gasteiger partial charge in [-0.3, -0.25) is 10.1 Å². The third kappa shape index (κ3) is 4.64. The monoisotopic (exact) mass is 348 g/mol. The molecule has 1 aromatic heterocycles. The average molecular weight is 348 g/mol. The molecule has 3 aromatic rings. The summed E-state index contributed by atoms with van der Waals surface area (Å²) in [6.45, 7) is 4.35. The number of amides is 1. The first-order valence-electron chi connectivity index (χ1n) is 8.22. The van der Waals surface area contributed by atoms with E-state index < -0.39 is 0 Å². The lowest BCUT2D eigenvalue weighted by molar-refractivity contribution is -0.111. The number of anilines is 1. The van der Waals surface area contributed by atoms with Crippen LogP contribution in [0.1, 0.15) is 30.9 Å². The van der Waals surface area contributed by atoms with E-state index in [9.17, 15) is 4.79 Å². The van der Waals surface area contributed by atoms with Crippen molar-refractivity contribution in [3.8, 4) is 11.3 Å². The van der Waals surface area contributed by atoms with Crippen molar-refractivity contribution in [1.82, 2.24) is 4.98 Å². The van der Waals surface area contributed by atoms with Crippen molar-refractivity contribution < 1.29 is 4.79 Å². The average Bonchev–Trinajstić information content (AvgIpc) is 3.09. The van der Waals surface area contributed by atoms with Gasteiger partial charge in [0.05, 0.1) is 5.69 Å². The number of nitrogens with one attached hydrogen (secondary N) is 1. The Morgan fingerprint density at radius 1 is 1.08 bits per heavy atom. The lowest BCUT2D eigenvalue weighted by Crippen LogP contribution is -2.07. The van der Waals surface area contributed by atoms with Gasteiger partial charge in [0.2, 0.25) is 5.91 Å². The second-order valence-corrected chi connectivity index (χ2v) is 6.91. The van der Waals surface area contributed by atoms with Gasteiger partial charge in [0, 0.05) is 17.0 Å². The topological polar surface area (TPSA) is 42.0 Å². The number of aromatic nitrogens is 1. The second kappa shape index (κ2) is 7.90. The number of carbonyl (C=O) groups excluding carboxylic acids is 1. The van der Waals surface area contributed by atoms with Crippen molar-refractivity contribution in [3.05, 3.63) is 77.2 Å². The quantitative estimate of drug-likeness (QED) is 0.611. The SMILES string of the molecule is CC(C)c1ccc(-c2csc(NC(=O)/C=C/c3ccccc3)n2)cc1. The highest BCUT2D eigenvalue weighted by molar-refractivity contribution is 7.14. The minimum Gasteiger partial charge on any atom is -0.298 e. The first-order valence-corrected chi connectivity index (χ1v) is 9.10. The fourth-order valence-electron chi connectivity index (χ4n) is 2.39. The Hall–Kier alpha value is -2.72. The van der Waals surface area contributed by atoms with Gasteiger partial charge in [-0.25, -0.2) is 4.98 Å². The van der Waals surface area contributed by atoms with E-state index >= 15 is 0 Å². The van der Waals surface area contributed by atoms with E-state index in [0.717, 1.165) is 16.8 Å². The van der Waals surface area contributed by atoms with Crippen LogP contribution in [0, 0.1) is 0 Å². The molecule has 2 aromatic carbocycles. The molecule has 0 atom stereocenters. The summed E-state index contributed by atoms with van der Waals surface area (Å²) in [5.74, 6) is 0.329. The Labute approximate surface area is 152 Å². The summed E-state index contributed by atoms with van der Waals surface area (Å²) in [4.78, 5) is 16.5. The molecule has 0 aliphatic carbocycles. The van der Waals surface area contributed by atoms with E-state index in [2.05, 4.69) is 48.4 Å². The van der Waals surface area contributed by atoms with Crippen molar-refractivity contribution in [3.63, 3.8) is 0 Å². The van der Waals surface area contributed by atoms with Crippen molar-refractivity contribution in [2.75, 3.05) is 5.32 Å². The number of benzene rings is 2. The minimum absolute atomic E-state index is 0.181. The van der Waals surface area contributed by atoms with Crippen LogP contribution in [0.5, 0.6) is 0 Å². The van der Waals surface area contributed by atoms with Crippen LogP contribution >= 0.6 is 11.3 Å². The van der Waals surface area contributed by atoms with Crippen LogP contribution in [0.4, 0.5) is 5.13 Å². The third-order valence-electron chi connectivity index (χ3n) is 3.83. The highest BCUT2D eigenvalue weighted by atomic mass is 32.1. The van der Waals surface area contributed by atoms with Crippen LogP contribution < -0.4 is 5.32 Å². The molecule has 1 N–H and O–H groups in total. The fourth-order valence-corrected chi connectivity index (χ4v) is 3.11. The van der Waals surface area contributed by atoms with Gasteiger partial charge < -0.3 is 0 Å². The maximum absolute atomic E-state index is 12.0. The Balaban J connectivity index is 1.65. The molecule has 0 unspecified atom stereocenters. The highest BCUT2D eigenvalue weighted by Crippen LogP contribution is 2.26. The van der Waals surface area contributed by atoms with Gasteiger partial charge in [-0.15, -0.1) is 11.3 Å². The van der Waals surface area contributed by atoms with E-state index in [-0.39, 0.29) is 5.91 Å². The van der Waals surface area contributed by atoms with Gasteiger partial charge in [0.15, 0.2) is 5.13 Å². The number of hydrogen-bond acceptors (Lipinski definition) is 3. The van der Waals surface area contributed by atoms with E-state index in [1.165, 1.54) is 23.0 Å². The maximum Gasteiger partial charge on any atom is 0.250 e. The van der Waals surface area contributed by atoms with Crippen LogP contribution in [0.3, 0.4) is 0 Å². The second-order valence-electron chi connectivity index (χ2n) is 6.05. The van der Waals surface area contributed by atoms with Crippen molar-refractivity contribution in [2.45, 2.75) is 19.8 Å². The van der Waals surface area contributed by atoms with Gasteiger partial charge in [0.25, 0.3) is 0 Å². The molecule has 0 aliphatic heterocycles. The number of hydrogen-bond donors (Lipinski definition) is 1. The summed E-state index contributed by atoms with van der Waals surface area (Å²) in [5, 5.41) is 5.38. The molecule has 1 amide bonds. The summed E-state index contributed by atoms with van der Waals surface area (Å²) < 4.78 is 0. The van der Waals surface area contributed by atoms with E-state index in [1.54, 1.807) is 6.08 Å². The minimum atomic E-state index is -0.181. The molecule has 0 spiro atoms. The van der Waals surface area contributed by atoms with Gasteiger partial charge >= 0.3 is 0 Å². The van der Waals surface area contributed by atoms with Crippen LogP contribution in [-0.4, -0.2) is 10.9 Å². The molecule has 0 saturated carbocycles. The van der Waals surface area contributed by atoms with Crippen molar-refractivity contribution in [1.29, 1.82) is 0 Å². The van der Waals surface area contributed by atoms with Crippen LogP contribution in [0.15, 0.2) is 66.1 Å². The lowest BCUT2D eigenvalue weighted by Gasteiger charge is -2.05. The molecule has 3 rings (SSSR count). The zero-order valence-corrected chi connectivity index (χ0v) is 15.1. The normalized spacial score (nSPS) is 11.2. The summed E-state index contributed by atoms with van der Waals surface area (Å²) in [6.07, 6.45) is 3.31. The predicted octanol–water partition coefficient (Wildman–Crippen LogP) is 5.59. The van der Waals surface area contributed by atoms with E-state index in [0.29, 0.717) is 11.0 Å². The molecule has 0 fully saturated rings. The van der Waals surface area contributed by atoms with Gasteiger partial charge in [-0.1, -0.05) is 68.4 Å². The molecule has 25 heavy (non-hydrogen) atoms. The molecule has 1 heterocycles. The van der Waals surface area contributed by atoms with E-state index in [1.807, 2.05) is 35.7 Å². The molecular formula is C21H20N2OS. The Kier molecular flexibility index (Phi) is 5.41. The van der Waals surface area contributed by atoms with Crippen LogP contribution in [0.2, 0.25) is 0 Å².